The van der Waals surface area contributed by atoms with Gasteiger partial charge >= 0.3 is 0 Å². The van der Waals surface area contributed by atoms with Crippen molar-refractivity contribution < 1.29 is 4.79 Å². The van der Waals surface area contributed by atoms with E-state index in [1.54, 1.807) is 6.07 Å². The topological polar surface area (TPSA) is 58.7 Å². The van der Waals surface area contributed by atoms with Gasteiger partial charge in [0.05, 0.1) is 29.0 Å². The molecule has 1 fully saturated rings. The van der Waals surface area contributed by atoms with Crippen LogP contribution >= 0.6 is 0 Å². The van der Waals surface area contributed by atoms with Crippen molar-refractivity contribution in [3.8, 4) is 6.07 Å². The molecular formula is C15H15N3O. The van der Waals surface area contributed by atoms with Crippen LogP contribution in [0.5, 0.6) is 0 Å². The average molecular weight is 253 g/mol. The van der Waals surface area contributed by atoms with Crippen molar-refractivity contribution in [2.24, 2.45) is 5.92 Å². The number of hydrogen-bond acceptors (Lipinski definition) is 3. The molecule has 2 aromatic rings. The highest BCUT2D eigenvalue weighted by Gasteiger charge is 2.20. The molecule has 96 valence electrons. The third kappa shape index (κ3) is 2.37. The molecule has 4 heteroatoms. The zero-order valence-electron chi connectivity index (χ0n) is 10.7. The number of rotatable bonds is 2. The Hall–Kier alpha value is -2.15. The second-order valence-electron chi connectivity index (χ2n) is 5.21. The molecule has 1 atom stereocenters. The van der Waals surface area contributed by atoms with Crippen LogP contribution < -0.4 is 0 Å². The third-order valence-electron chi connectivity index (χ3n) is 3.79. The molecule has 0 saturated heterocycles. The Labute approximate surface area is 111 Å². The highest BCUT2D eigenvalue weighted by molar-refractivity contribution is 5.79. The number of ketones is 1. The van der Waals surface area contributed by atoms with Gasteiger partial charge in [0.2, 0.25) is 0 Å². The van der Waals surface area contributed by atoms with E-state index in [-0.39, 0.29) is 0 Å². The van der Waals surface area contributed by atoms with Crippen molar-refractivity contribution in [1.29, 1.82) is 5.26 Å². The standard InChI is InChI=1S/C15H15N3O/c16-8-11-4-5-14-15(7-11)18(10-17-14)9-12-2-1-3-13(19)6-12/h4-5,7,10,12H,1-3,6,9H2. The summed E-state index contributed by atoms with van der Waals surface area (Å²) in [7, 11) is 0. The van der Waals surface area contributed by atoms with Gasteiger partial charge in [-0.25, -0.2) is 4.98 Å². The number of imidazole rings is 1. The third-order valence-corrected chi connectivity index (χ3v) is 3.79. The Bertz CT molecular complexity index is 666. The SMILES string of the molecule is N#Cc1ccc2ncn(CC3CCCC(=O)C3)c2c1. The summed E-state index contributed by atoms with van der Waals surface area (Å²) < 4.78 is 2.07. The molecule has 0 spiro atoms. The molecule has 0 N–H and O–H groups in total. The Morgan fingerprint density at radius 3 is 3.16 bits per heavy atom. The lowest BCUT2D eigenvalue weighted by atomic mass is 9.88. The molecule has 1 aliphatic rings. The number of fused-ring (bicyclic) bond motifs is 1. The van der Waals surface area contributed by atoms with Gasteiger partial charge in [0.25, 0.3) is 0 Å². The van der Waals surface area contributed by atoms with Crippen LogP contribution in [0.15, 0.2) is 24.5 Å². The lowest BCUT2D eigenvalue weighted by Gasteiger charge is -2.21. The number of nitrogens with zero attached hydrogens (tertiary/aromatic N) is 3. The summed E-state index contributed by atoms with van der Waals surface area (Å²) in [5.41, 5.74) is 2.53. The second kappa shape index (κ2) is 4.85. The minimum Gasteiger partial charge on any atom is -0.330 e. The first-order chi connectivity index (χ1) is 9.26. The normalized spacial score (nSPS) is 19.5. The van der Waals surface area contributed by atoms with Gasteiger partial charge in [-0.2, -0.15) is 5.26 Å². The lowest BCUT2D eigenvalue weighted by Crippen LogP contribution is -2.19. The zero-order chi connectivity index (χ0) is 13.2. The zero-order valence-corrected chi connectivity index (χ0v) is 10.7. The summed E-state index contributed by atoms with van der Waals surface area (Å²) in [5.74, 6) is 0.780. The minimum absolute atomic E-state index is 0.374. The molecule has 1 aliphatic carbocycles. The molecule has 19 heavy (non-hydrogen) atoms. The summed E-state index contributed by atoms with van der Waals surface area (Å²) in [6.45, 7) is 0.817. The van der Waals surface area contributed by atoms with Crippen LogP contribution in [-0.2, 0) is 11.3 Å². The van der Waals surface area contributed by atoms with Gasteiger partial charge in [0, 0.05) is 19.4 Å². The van der Waals surface area contributed by atoms with Gasteiger partial charge in [-0.3, -0.25) is 4.79 Å². The number of benzene rings is 1. The van der Waals surface area contributed by atoms with Crippen LogP contribution in [0.1, 0.15) is 31.2 Å². The smallest absolute Gasteiger partial charge is 0.133 e. The van der Waals surface area contributed by atoms with Gasteiger partial charge in [0.15, 0.2) is 0 Å². The first-order valence-electron chi connectivity index (χ1n) is 6.63. The van der Waals surface area contributed by atoms with Crippen LogP contribution in [0.4, 0.5) is 0 Å². The number of nitriles is 1. The largest absolute Gasteiger partial charge is 0.330 e. The van der Waals surface area contributed by atoms with Gasteiger partial charge in [0.1, 0.15) is 5.78 Å². The first-order valence-corrected chi connectivity index (χ1v) is 6.63. The molecule has 1 aromatic heterocycles. The molecule has 4 nitrogen and oxygen atoms in total. The van der Waals surface area contributed by atoms with Crippen molar-refractivity contribution in [3.63, 3.8) is 0 Å². The van der Waals surface area contributed by atoms with E-state index in [4.69, 9.17) is 5.26 Å². The Morgan fingerprint density at radius 2 is 2.37 bits per heavy atom. The Kier molecular flexibility index (Phi) is 3.04. The van der Waals surface area contributed by atoms with E-state index in [9.17, 15) is 4.79 Å². The van der Waals surface area contributed by atoms with Gasteiger partial charge in [-0.05, 0) is 37.0 Å². The number of carbonyl (C=O) groups is 1. The molecule has 0 bridgehead atoms. The first kappa shape index (κ1) is 11.9. The van der Waals surface area contributed by atoms with E-state index < -0.39 is 0 Å². The summed E-state index contributed by atoms with van der Waals surface area (Å²) in [6.07, 6.45) is 5.32. The maximum absolute atomic E-state index is 11.5. The fraction of sp³-hybridized carbons (Fsp3) is 0.400. The van der Waals surface area contributed by atoms with Crippen LogP contribution in [-0.4, -0.2) is 15.3 Å². The maximum Gasteiger partial charge on any atom is 0.133 e. The number of hydrogen-bond donors (Lipinski definition) is 0. The fourth-order valence-electron chi connectivity index (χ4n) is 2.82. The van der Waals surface area contributed by atoms with E-state index in [0.29, 0.717) is 23.7 Å². The monoisotopic (exact) mass is 253 g/mol. The van der Waals surface area contributed by atoms with Gasteiger partial charge in [-0.15, -0.1) is 0 Å². The molecule has 0 radical (unpaired) electrons. The molecule has 1 saturated carbocycles. The number of Topliss-reactive ketones (excluding diaryl/α,β-unsaturated/α-hetero) is 1. The van der Waals surface area contributed by atoms with Crippen molar-refractivity contribution in [2.75, 3.05) is 0 Å². The summed E-state index contributed by atoms with van der Waals surface area (Å²) in [5, 5.41) is 8.96. The summed E-state index contributed by atoms with van der Waals surface area (Å²) in [6, 6.07) is 7.67. The second-order valence-corrected chi connectivity index (χ2v) is 5.21. The molecule has 1 unspecified atom stereocenters. The Morgan fingerprint density at radius 1 is 1.47 bits per heavy atom. The van der Waals surface area contributed by atoms with Crippen molar-refractivity contribution in [1.82, 2.24) is 9.55 Å². The lowest BCUT2D eigenvalue weighted by molar-refractivity contribution is -0.121. The van der Waals surface area contributed by atoms with Crippen LogP contribution in [0.2, 0.25) is 0 Å². The molecular weight excluding hydrogens is 238 g/mol. The van der Waals surface area contributed by atoms with Crippen molar-refractivity contribution >= 4 is 16.8 Å². The van der Waals surface area contributed by atoms with E-state index in [1.165, 1.54) is 0 Å². The number of carbonyl (C=O) groups excluding carboxylic acids is 1. The molecule has 1 heterocycles. The average Bonchev–Trinajstić information content (AvgIpc) is 2.81. The van der Waals surface area contributed by atoms with Crippen LogP contribution in [0.25, 0.3) is 11.0 Å². The van der Waals surface area contributed by atoms with Gasteiger partial charge in [-0.1, -0.05) is 0 Å². The summed E-state index contributed by atoms with van der Waals surface area (Å²) >= 11 is 0. The molecule has 3 rings (SSSR count). The molecule has 1 aromatic carbocycles. The van der Waals surface area contributed by atoms with Crippen molar-refractivity contribution in [3.05, 3.63) is 30.1 Å². The van der Waals surface area contributed by atoms with E-state index in [0.717, 1.165) is 36.8 Å². The van der Waals surface area contributed by atoms with E-state index in [2.05, 4.69) is 15.6 Å². The van der Waals surface area contributed by atoms with Gasteiger partial charge < -0.3 is 4.57 Å². The summed E-state index contributed by atoms with van der Waals surface area (Å²) in [4.78, 5) is 15.8. The number of aromatic nitrogens is 2. The maximum atomic E-state index is 11.5. The fourth-order valence-corrected chi connectivity index (χ4v) is 2.82. The highest BCUT2D eigenvalue weighted by atomic mass is 16.1. The highest BCUT2D eigenvalue weighted by Crippen LogP contribution is 2.24. The Balaban J connectivity index is 1.88. The van der Waals surface area contributed by atoms with Crippen LogP contribution in [0, 0.1) is 17.2 Å². The van der Waals surface area contributed by atoms with Crippen molar-refractivity contribution in [2.45, 2.75) is 32.2 Å². The molecule has 0 amide bonds. The van der Waals surface area contributed by atoms with E-state index in [1.807, 2.05) is 18.5 Å². The molecule has 0 aliphatic heterocycles. The predicted molar refractivity (Wildman–Crippen MR) is 71.4 cm³/mol. The van der Waals surface area contributed by atoms with Crippen LogP contribution in [0.3, 0.4) is 0 Å². The predicted octanol–water partition coefficient (Wildman–Crippen LogP) is 2.67. The van der Waals surface area contributed by atoms with E-state index >= 15 is 0 Å². The minimum atomic E-state index is 0.374. The quantitative estimate of drug-likeness (QED) is 0.826.